The summed E-state index contributed by atoms with van der Waals surface area (Å²) in [5.41, 5.74) is 0. The van der Waals surface area contributed by atoms with Gasteiger partial charge in [0, 0.05) is 12.8 Å². The molecule has 0 aromatic heterocycles. The van der Waals surface area contributed by atoms with E-state index in [0.717, 1.165) is 0 Å². The van der Waals surface area contributed by atoms with Crippen LogP contribution >= 0.6 is 0 Å². The maximum Gasteiger partial charge on any atom is 0.638 e. The van der Waals surface area contributed by atoms with Gasteiger partial charge in [0.1, 0.15) is 0 Å². The molecule has 0 spiro atoms. The Hall–Kier alpha value is -1.25. The minimum atomic E-state index is -8.38. The number of rotatable bonds is 13. The summed E-state index contributed by atoms with van der Waals surface area (Å²) in [6.07, 6.45) is -19.9. The summed E-state index contributed by atoms with van der Waals surface area (Å²) in [6, 6.07) is 0. The molecule has 0 unspecified atom stereocenters. The highest BCUT2D eigenvalue weighted by Crippen LogP contribution is 2.62. The molecule has 34 heavy (non-hydrogen) atoms. The second-order valence-corrected chi connectivity index (χ2v) is 6.71. The zero-order valence-corrected chi connectivity index (χ0v) is 15.8. The first kappa shape index (κ1) is 32.8. The Morgan fingerprint density at radius 2 is 0.824 bits per heavy atom. The van der Waals surface area contributed by atoms with E-state index >= 15 is 0 Å². The van der Waals surface area contributed by atoms with Crippen LogP contribution in [0.1, 0.15) is 32.1 Å². The maximum absolute atomic E-state index is 13.6. The Morgan fingerprint density at radius 1 is 0.471 bits per heavy atom. The molecule has 0 rings (SSSR count). The Kier molecular flexibility index (Phi) is 9.31. The van der Waals surface area contributed by atoms with Gasteiger partial charge < -0.3 is 14.7 Å². The van der Waals surface area contributed by atoms with Gasteiger partial charge in [-0.2, -0.15) is 74.6 Å². The molecule has 0 aliphatic carbocycles. The van der Waals surface area contributed by atoms with Crippen LogP contribution in [0.2, 0.25) is 0 Å². The topological polar surface area (TPSA) is 49.7 Å². The van der Waals surface area contributed by atoms with Crippen molar-refractivity contribution in [2.24, 2.45) is 0 Å². The fourth-order valence-electron chi connectivity index (χ4n) is 2.22. The van der Waals surface area contributed by atoms with Crippen molar-refractivity contribution in [3.05, 3.63) is 0 Å². The second kappa shape index (κ2) is 9.66. The molecule has 0 amide bonds. The Bertz CT molecular complexity index is 676. The SMILES string of the molecule is OB(O)OC(F)(F)C(F)(F)C(F)(F)C(F)(F)C(F)(F)C(F)(F)C(F)(F)CCCCCC(F)(F)F. The Morgan fingerprint density at radius 3 is 1.21 bits per heavy atom. The zero-order valence-electron chi connectivity index (χ0n) is 15.8. The maximum atomic E-state index is 13.6. The van der Waals surface area contributed by atoms with Crippen LogP contribution in [-0.4, -0.2) is 65.2 Å². The van der Waals surface area contributed by atoms with Crippen LogP contribution in [0.5, 0.6) is 0 Å². The molecule has 2 N–H and O–H groups in total. The molecular weight excluding hydrogens is 538 g/mol. The number of hydrogen-bond donors (Lipinski definition) is 2. The van der Waals surface area contributed by atoms with Crippen molar-refractivity contribution >= 4 is 7.32 Å². The van der Waals surface area contributed by atoms with Crippen molar-refractivity contribution in [1.82, 2.24) is 0 Å². The summed E-state index contributed by atoms with van der Waals surface area (Å²) in [5.74, 6) is -46.9. The minimum Gasteiger partial charge on any atom is -0.402 e. The summed E-state index contributed by atoms with van der Waals surface area (Å²) in [7, 11) is -4.12. The van der Waals surface area contributed by atoms with Gasteiger partial charge in [0.15, 0.2) is 0 Å². The third-order valence-electron chi connectivity index (χ3n) is 4.11. The van der Waals surface area contributed by atoms with Gasteiger partial charge in [0.05, 0.1) is 0 Å². The molecule has 204 valence electrons. The molecule has 3 nitrogen and oxygen atoms in total. The Balaban J connectivity index is 6.01. The number of halogens is 17. The number of alkyl halides is 17. The summed E-state index contributed by atoms with van der Waals surface area (Å²) in [5, 5.41) is 15.9. The van der Waals surface area contributed by atoms with Crippen molar-refractivity contribution in [2.45, 2.75) is 79.9 Å². The average Bonchev–Trinajstić information content (AvgIpc) is 2.58. The van der Waals surface area contributed by atoms with E-state index in [-0.39, 0.29) is 0 Å². The van der Waals surface area contributed by atoms with Crippen molar-refractivity contribution in [3.63, 3.8) is 0 Å². The molecule has 0 saturated heterocycles. The van der Waals surface area contributed by atoms with Crippen LogP contribution in [-0.2, 0) is 4.65 Å². The normalized spacial score (nSPS) is 15.6. The van der Waals surface area contributed by atoms with Gasteiger partial charge >= 0.3 is 55.1 Å². The van der Waals surface area contributed by atoms with Crippen LogP contribution in [0.3, 0.4) is 0 Å². The summed E-state index contributed by atoms with van der Waals surface area (Å²) >= 11 is 0. The van der Waals surface area contributed by atoms with Crippen LogP contribution in [0.4, 0.5) is 74.6 Å². The lowest BCUT2D eigenvalue weighted by molar-refractivity contribution is -0.459. The Labute approximate surface area is 178 Å². The average molecular weight is 550 g/mol. The monoisotopic (exact) mass is 550 g/mol. The third kappa shape index (κ3) is 5.93. The second-order valence-electron chi connectivity index (χ2n) is 6.71. The van der Waals surface area contributed by atoms with Crippen molar-refractivity contribution in [2.75, 3.05) is 0 Å². The molecule has 0 radical (unpaired) electrons. The van der Waals surface area contributed by atoms with E-state index in [9.17, 15) is 74.6 Å². The molecule has 0 fully saturated rings. The lowest BCUT2D eigenvalue weighted by Gasteiger charge is -2.42. The molecule has 0 aliphatic heterocycles. The predicted molar refractivity (Wildman–Crippen MR) is 75.0 cm³/mol. The lowest BCUT2D eigenvalue weighted by atomic mass is 9.89. The van der Waals surface area contributed by atoms with Crippen LogP contribution in [0.25, 0.3) is 0 Å². The third-order valence-corrected chi connectivity index (χ3v) is 4.11. The van der Waals surface area contributed by atoms with Crippen LogP contribution in [0.15, 0.2) is 0 Å². The smallest absolute Gasteiger partial charge is 0.402 e. The molecule has 0 heterocycles. The van der Waals surface area contributed by atoms with Crippen LogP contribution < -0.4 is 0 Å². The summed E-state index contributed by atoms with van der Waals surface area (Å²) in [4.78, 5) is 0. The number of unbranched alkanes of at least 4 members (excludes halogenated alkanes) is 2. The molecule has 0 saturated carbocycles. The minimum absolute atomic E-state index is 1.03. The zero-order chi connectivity index (χ0) is 27.8. The van der Waals surface area contributed by atoms with Gasteiger partial charge in [-0.25, -0.2) is 0 Å². The summed E-state index contributed by atoms with van der Waals surface area (Å²) < 4.78 is 225. The van der Waals surface area contributed by atoms with Gasteiger partial charge in [-0.1, -0.05) is 6.42 Å². The molecule has 21 heteroatoms. The van der Waals surface area contributed by atoms with E-state index in [1.54, 1.807) is 0 Å². The van der Waals surface area contributed by atoms with E-state index in [1.807, 2.05) is 0 Å². The fourth-order valence-corrected chi connectivity index (χ4v) is 2.22. The van der Waals surface area contributed by atoms with Crippen molar-refractivity contribution in [1.29, 1.82) is 0 Å². The molecule has 0 aliphatic rings. The first-order valence-electron chi connectivity index (χ1n) is 8.38. The van der Waals surface area contributed by atoms with Gasteiger partial charge in [-0.05, 0) is 12.8 Å². The van der Waals surface area contributed by atoms with Crippen LogP contribution in [0, 0.1) is 0 Å². The molecule has 0 aromatic rings. The van der Waals surface area contributed by atoms with Gasteiger partial charge in [-0.3, -0.25) is 0 Å². The first-order valence-corrected chi connectivity index (χ1v) is 8.38. The van der Waals surface area contributed by atoms with E-state index in [2.05, 4.69) is 4.65 Å². The van der Waals surface area contributed by atoms with Gasteiger partial charge in [0.2, 0.25) is 0 Å². The van der Waals surface area contributed by atoms with Crippen molar-refractivity contribution in [3.8, 4) is 0 Å². The highest BCUT2D eigenvalue weighted by atomic mass is 19.4. The first-order chi connectivity index (χ1) is 14.6. The van der Waals surface area contributed by atoms with Crippen molar-refractivity contribution < 1.29 is 89.3 Å². The predicted octanol–water partition coefficient (Wildman–Crippen LogP) is 5.89. The quantitative estimate of drug-likeness (QED) is 0.171. The highest BCUT2D eigenvalue weighted by molar-refractivity contribution is 6.32. The summed E-state index contributed by atoms with van der Waals surface area (Å²) in [6.45, 7) is 0. The van der Waals surface area contributed by atoms with E-state index < -0.39 is 87.2 Å². The van der Waals surface area contributed by atoms with E-state index in [0.29, 0.717) is 0 Å². The fraction of sp³-hybridized carbons (Fsp3) is 1.00. The number of hydrogen-bond acceptors (Lipinski definition) is 3. The highest BCUT2D eigenvalue weighted by Gasteiger charge is 2.93. The van der Waals surface area contributed by atoms with Gasteiger partial charge in [0.25, 0.3) is 0 Å². The molecular formula is C13H12BF17O3. The molecule has 0 atom stereocenters. The molecule has 0 bridgehead atoms. The van der Waals surface area contributed by atoms with E-state index in [1.165, 1.54) is 0 Å². The largest absolute Gasteiger partial charge is 0.638 e. The van der Waals surface area contributed by atoms with Gasteiger partial charge in [-0.15, -0.1) is 0 Å². The molecule has 0 aromatic carbocycles. The standard InChI is InChI=1S/C13H12BF17O3/c15-6(16,4-2-1-3-5-7(17,18)19)8(20,21)9(22,23)10(24,25)11(26,27)12(28,29)13(30,31)34-14(32)33/h32-33H,1-5H2. The lowest BCUT2D eigenvalue weighted by Crippen LogP contribution is -2.73. The van der Waals surface area contributed by atoms with E-state index in [4.69, 9.17) is 10.0 Å².